The zero-order valence-electron chi connectivity index (χ0n) is 11.7. The van der Waals surface area contributed by atoms with Gasteiger partial charge < -0.3 is 10.2 Å². The van der Waals surface area contributed by atoms with Crippen molar-refractivity contribution in [3.63, 3.8) is 0 Å². The first-order chi connectivity index (χ1) is 8.79. The highest BCUT2D eigenvalue weighted by molar-refractivity contribution is 7.07. The Morgan fingerprint density at radius 2 is 2.44 bits per heavy atom. The summed E-state index contributed by atoms with van der Waals surface area (Å²) < 4.78 is 0. The van der Waals surface area contributed by atoms with Crippen LogP contribution in [0.1, 0.15) is 38.7 Å². The molecule has 1 N–H and O–H groups in total. The van der Waals surface area contributed by atoms with Crippen LogP contribution in [0.25, 0.3) is 0 Å². The van der Waals surface area contributed by atoms with Crippen molar-refractivity contribution in [2.75, 3.05) is 19.6 Å². The van der Waals surface area contributed by atoms with Gasteiger partial charge in [0.05, 0.1) is 0 Å². The Hall–Kier alpha value is -0.380. The molecule has 102 valence electrons. The summed E-state index contributed by atoms with van der Waals surface area (Å²) in [4.78, 5) is 2.64. The van der Waals surface area contributed by atoms with Gasteiger partial charge in [-0.3, -0.25) is 0 Å². The highest BCUT2D eigenvalue weighted by Crippen LogP contribution is 2.20. The van der Waals surface area contributed by atoms with Crippen molar-refractivity contribution in [2.45, 2.75) is 45.7 Å². The fourth-order valence-electron chi connectivity index (χ4n) is 2.86. The number of nitrogens with zero attached hydrogens (tertiary/aromatic N) is 1. The number of piperidine rings is 1. The Bertz CT molecular complexity index is 321. The standard InChI is InChI=1S/C15H26N2S/c1-3-7-17-8-4-5-15(11-17)13(2)16-10-14-6-9-18-12-14/h6,9,12-13,15-16H,3-5,7-8,10-11H2,1-2H3. The van der Waals surface area contributed by atoms with Crippen LogP contribution in [0.15, 0.2) is 16.8 Å². The minimum absolute atomic E-state index is 0.629. The van der Waals surface area contributed by atoms with Crippen LogP contribution in [0.4, 0.5) is 0 Å². The highest BCUT2D eigenvalue weighted by Gasteiger charge is 2.23. The molecule has 1 aliphatic heterocycles. The van der Waals surface area contributed by atoms with E-state index in [-0.39, 0.29) is 0 Å². The quantitative estimate of drug-likeness (QED) is 0.849. The topological polar surface area (TPSA) is 15.3 Å². The van der Waals surface area contributed by atoms with E-state index in [1.165, 1.54) is 44.5 Å². The monoisotopic (exact) mass is 266 g/mol. The largest absolute Gasteiger partial charge is 0.310 e. The zero-order chi connectivity index (χ0) is 12.8. The van der Waals surface area contributed by atoms with Crippen LogP contribution < -0.4 is 5.32 Å². The maximum absolute atomic E-state index is 3.70. The molecule has 1 aromatic heterocycles. The van der Waals surface area contributed by atoms with Crippen molar-refractivity contribution < 1.29 is 0 Å². The zero-order valence-corrected chi connectivity index (χ0v) is 12.5. The van der Waals surface area contributed by atoms with Crippen LogP contribution in [-0.4, -0.2) is 30.6 Å². The molecular formula is C15H26N2S. The molecule has 1 aromatic rings. The van der Waals surface area contributed by atoms with Crippen LogP contribution in [0.2, 0.25) is 0 Å². The number of rotatable bonds is 6. The van der Waals surface area contributed by atoms with Gasteiger partial charge in [-0.2, -0.15) is 11.3 Å². The van der Waals surface area contributed by atoms with E-state index in [1.54, 1.807) is 11.3 Å². The van der Waals surface area contributed by atoms with Gasteiger partial charge in [-0.25, -0.2) is 0 Å². The number of hydrogen-bond acceptors (Lipinski definition) is 3. The van der Waals surface area contributed by atoms with Crippen molar-refractivity contribution in [2.24, 2.45) is 5.92 Å². The van der Waals surface area contributed by atoms with Crippen LogP contribution >= 0.6 is 11.3 Å². The predicted octanol–water partition coefficient (Wildman–Crippen LogP) is 3.35. The van der Waals surface area contributed by atoms with E-state index < -0.39 is 0 Å². The van der Waals surface area contributed by atoms with Gasteiger partial charge in [0.25, 0.3) is 0 Å². The molecule has 2 nitrogen and oxygen atoms in total. The van der Waals surface area contributed by atoms with E-state index in [0.29, 0.717) is 6.04 Å². The molecule has 0 aromatic carbocycles. The van der Waals surface area contributed by atoms with E-state index >= 15 is 0 Å². The van der Waals surface area contributed by atoms with Crippen LogP contribution in [0.3, 0.4) is 0 Å². The van der Waals surface area contributed by atoms with Gasteiger partial charge in [0.2, 0.25) is 0 Å². The van der Waals surface area contributed by atoms with Crippen molar-refractivity contribution in [3.8, 4) is 0 Å². The number of thiophene rings is 1. The highest BCUT2D eigenvalue weighted by atomic mass is 32.1. The SMILES string of the molecule is CCCN1CCCC(C(C)NCc2ccsc2)C1. The van der Waals surface area contributed by atoms with E-state index in [9.17, 15) is 0 Å². The fraction of sp³-hybridized carbons (Fsp3) is 0.733. The third kappa shape index (κ3) is 4.08. The molecule has 1 saturated heterocycles. The molecule has 0 aliphatic carbocycles. The lowest BCUT2D eigenvalue weighted by atomic mass is 9.91. The average Bonchev–Trinajstić information content (AvgIpc) is 2.90. The number of likely N-dealkylation sites (tertiary alicyclic amines) is 1. The van der Waals surface area contributed by atoms with Gasteiger partial charge in [0.15, 0.2) is 0 Å². The molecule has 1 aliphatic rings. The third-order valence-corrected chi connectivity index (χ3v) is 4.73. The summed E-state index contributed by atoms with van der Waals surface area (Å²) in [7, 11) is 0. The smallest absolute Gasteiger partial charge is 0.0216 e. The second-order valence-electron chi connectivity index (χ2n) is 5.50. The molecule has 0 amide bonds. The van der Waals surface area contributed by atoms with Crippen molar-refractivity contribution in [3.05, 3.63) is 22.4 Å². The average molecular weight is 266 g/mol. The Morgan fingerprint density at radius 1 is 1.56 bits per heavy atom. The van der Waals surface area contributed by atoms with E-state index in [2.05, 4.69) is 40.9 Å². The van der Waals surface area contributed by atoms with Crippen LogP contribution in [0, 0.1) is 5.92 Å². The molecule has 2 heterocycles. The molecule has 0 bridgehead atoms. The fourth-order valence-corrected chi connectivity index (χ4v) is 3.53. The molecule has 2 unspecified atom stereocenters. The Labute approximate surface area is 115 Å². The Morgan fingerprint density at radius 3 is 3.17 bits per heavy atom. The molecule has 2 atom stereocenters. The first-order valence-electron chi connectivity index (χ1n) is 7.26. The van der Waals surface area contributed by atoms with Crippen LogP contribution in [-0.2, 0) is 6.54 Å². The first-order valence-corrected chi connectivity index (χ1v) is 8.20. The van der Waals surface area contributed by atoms with Gasteiger partial charge in [-0.05, 0) is 67.6 Å². The van der Waals surface area contributed by atoms with Gasteiger partial charge in [-0.1, -0.05) is 6.92 Å². The molecular weight excluding hydrogens is 240 g/mol. The third-order valence-electron chi connectivity index (χ3n) is 4.00. The summed E-state index contributed by atoms with van der Waals surface area (Å²) in [6, 6.07) is 2.85. The molecule has 0 spiro atoms. The van der Waals surface area contributed by atoms with Crippen LogP contribution in [0.5, 0.6) is 0 Å². The normalized spacial score (nSPS) is 23.1. The molecule has 0 radical (unpaired) electrons. The van der Waals surface area contributed by atoms with Gasteiger partial charge >= 0.3 is 0 Å². The predicted molar refractivity (Wildman–Crippen MR) is 80.1 cm³/mol. The van der Waals surface area contributed by atoms with Gasteiger partial charge in [0, 0.05) is 19.1 Å². The Kier molecular flexibility index (Phi) is 5.67. The molecule has 3 heteroatoms. The number of hydrogen-bond donors (Lipinski definition) is 1. The number of nitrogens with one attached hydrogen (secondary N) is 1. The maximum atomic E-state index is 3.70. The summed E-state index contributed by atoms with van der Waals surface area (Å²) in [5, 5.41) is 8.10. The first kappa shape index (κ1) is 14.0. The Balaban J connectivity index is 1.75. The summed E-state index contributed by atoms with van der Waals surface area (Å²) in [6.45, 7) is 9.52. The lowest BCUT2D eigenvalue weighted by Crippen LogP contribution is -2.44. The minimum atomic E-state index is 0.629. The van der Waals surface area contributed by atoms with Crippen molar-refractivity contribution >= 4 is 11.3 Å². The van der Waals surface area contributed by atoms with E-state index in [4.69, 9.17) is 0 Å². The van der Waals surface area contributed by atoms with Gasteiger partial charge in [-0.15, -0.1) is 0 Å². The second-order valence-corrected chi connectivity index (χ2v) is 6.28. The molecule has 2 rings (SSSR count). The van der Waals surface area contributed by atoms with Crippen molar-refractivity contribution in [1.82, 2.24) is 10.2 Å². The summed E-state index contributed by atoms with van der Waals surface area (Å²) in [6.07, 6.45) is 4.04. The lowest BCUT2D eigenvalue weighted by Gasteiger charge is -2.36. The molecule has 18 heavy (non-hydrogen) atoms. The lowest BCUT2D eigenvalue weighted by molar-refractivity contribution is 0.150. The summed E-state index contributed by atoms with van der Waals surface area (Å²) >= 11 is 1.79. The summed E-state index contributed by atoms with van der Waals surface area (Å²) in [5.74, 6) is 0.823. The maximum Gasteiger partial charge on any atom is 0.0216 e. The molecule has 0 saturated carbocycles. The van der Waals surface area contributed by atoms with E-state index in [0.717, 1.165) is 12.5 Å². The van der Waals surface area contributed by atoms with Gasteiger partial charge in [0.1, 0.15) is 0 Å². The van der Waals surface area contributed by atoms with Crippen molar-refractivity contribution in [1.29, 1.82) is 0 Å². The minimum Gasteiger partial charge on any atom is -0.310 e. The molecule has 1 fully saturated rings. The second kappa shape index (κ2) is 7.27. The van der Waals surface area contributed by atoms with E-state index in [1.807, 2.05) is 0 Å². The summed E-state index contributed by atoms with van der Waals surface area (Å²) in [5.41, 5.74) is 1.42.